The molecule has 7 heteroatoms. The van der Waals surface area contributed by atoms with Crippen LogP contribution in [0.15, 0.2) is 42.5 Å². The van der Waals surface area contributed by atoms with Crippen molar-refractivity contribution in [2.24, 2.45) is 0 Å². The summed E-state index contributed by atoms with van der Waals surface area (Å²) >= 11 is 0. The summed E-state index contributed by atoms with van der Waals surface area (Å²) in [5, 5.41) is 0. The maximum atomic E-state index is 13.6. The minimum Gasteiger partial charge on any atom is -0.493 e. The van der Waals surface area contributed by atoms with Crippen LogP contribution in [0.4, 0.5) is 5.69 Å². The number of amides is 3. The Morgan fingerprint density at radius 1 is 1.00 bits per heavy atom. The van der Waals surface area contributed by atoms with Crippen LogP contribution in [0.3, 0.4) is 0 Å². The van der Waals surface area contributed by atoms with Crippen molar-refractivity contribution in [1.82, 2.24) is 4.90 Å². The first-order valence-electron chi connectivity index (χ1n) is 11.0. The second-order valence-electron chi connectivity index (χ2n) is 9.45. The molecular formula is C26H32N2O5. The Kier molecular flexibility index (Phi) is 6.81. The highest BCUT2D eigenvalue weighted by atomic mass is 16.5. The van der Waals surface area contributed by atoms with Crippen LogP contribution in [0.2, 0.25) is 0 Å². The predicted molar refractivity (Wildman–Crippen MR) is 127 cm³/mol. The SMILES string of the molecule is COc1ccc(C(=O)N(C2CC(=O)N(c3ccc(C(C)C)cc3)C2=O)C(C)(C)C)cc1OC. The Labute approximate surface area is 195 Å². The van der Waals surface area contributed by atoms with Gasteiger partial charge in [-0.1, -0.05) is 26.0 Å². The number of benzene rings is 2. The first-order valence-corrected chi connectivity index (χ1v) is 11.0. The second-order valence-corrected chi connectivity index (χ2v) is 9.45. The molecule has 2 aromatic carbocycles. The molecule has 0 spiro atoms. The number of nitrogens with zero attached hydrogens (tertiary/aromatic N) is 2. The number of ether oxygens (including phenoxy) is 2. The van der Waals surface area contributed by atoms with Crippen LogP contribution in [0.1, 0.15) is 62.9 Å². The Hall–Kier alpha value is -3.35. The molecule has 33 heavy (non-hydrogen) atoms. The molecule has 7 nitrogen and oxygen atoms in total. The molecule has 0 radical (unpaired) electrons. The van der Waals surface area contributed by atoms with Gasteiger partial charge in [0.1, 0.15) is 6.04 Å². The highest BCUT2D eigenvalue weighted by Crippen LogP contribution is 2.33. The molecule has 1 aliphatic heterocycles. The van der Waals surface area contributed by atoms with Crippen LogP contribution in [0.25, 0.3) is 0 Å². The van der Waals surface area contributed by atoms with Crippen molar-refractivity contribution < 1.29 is 23.9 Å². The van der Waals surface area contributed by atoms with Gasteiger partial charge in [-0.2, -0.15) is 0 Å². The molecule has 176 valence electrons. The quantitative estimate of drug-likeness (QED) is 0.607. The summed E-state index contributed by atoms with van der Waals surface area (Å²) in [6, 6.07) is 11.4. The molecular weight excluding hydrogens is 420 g/mol. The summed E-state index contributed by atoms with van der Waals surface area (Å²) in [7, 11) is 3.02. The molecule has 1 heterocycles. The Balaban J connectivity index is 1.96. The summed E-state index contributed by atoms with van der Waals surface area (Å²) in [4.78, 5) is 42.7. The molecule has 3 amide bonds. The molecule has 1 fully saturated rings. The van der Waals surface area contributed by atoms with Gasteiger partial charge in [0.25, 0.3) is 11.8 Å². The lowest BCUT2D eigenvalue weighted by molar-refractivity contribution is -0.123. The summed E-state index contributed by atoms with van der Waals surface area (Å²) in [6.07, 6.45) is -0.0684. The molecule has 0 saturated carbocycles. The molecule has 0 aromatic heterocycles. The van der Waals surface area contributed by atoms with Gasteiger partial charge in [0.15, 0.2) is 11.5 Å². The van der Waals surface area contributed by atoms with E-state index in [0.29, 0.717) is 28.7 Å². The average Bonchev–Trinajstić information content (AvgIpc) is 3.05. The van der Waals surface area contributed by atoms with E-state index in [2.05, 4.69) is 13.8 Å². The fraction of sp³-hybridized carbons (Fsp3) is 0.423. The highest BCUT2D eigenvalue weighted by molar-refractivity contribution is 6.23. The third kappa shape index (κ3) is 4.72. The van der Waals surface area contributed by atoms with Gasteiger partial charge in [-0.25, -0.2) is 4.90 Å². The lowest BCUT2D eigenvalue weighted by Crippen LogP contribution is -2.54. The maximum Gasteiger partial charge on any atom is 0.257 e. The first kappa shape index (κ1) is 24.3. The molecule has 2 aromatic rings. The first-order chi connectivity index (χ1) is 15.5. The summed E-state index contributed by atoms with van der Waals surface area (Å²) in [6.45, 7) is 9.72. The molecule has 0 aliphatic carbocycles. The predicted octanol–water partition coefficient (Wildman–Crippen LogP) is 4.40. The number of hydrogen-bond donors (Lipinski definition) is 0. The van der Waals surface area contributed by atoms with Crippen molar-refractivity contribution in [3.8, 4) is 11.5 Å². The molecule has 3 rings (SSSR count). The van der Waals surface area contributed by atoms with Gasteiger partial charge >= 0.3 is 0 Å². The van der Waals surface area contributed by atoms with Gasteiger partial charge in [0.2, 0.25) is 5.91 Å². The number of carbonyl (C=O) groups is 3. The maximum absolute atomic E-state index is 13.6. The third-order valence-electron chi connectivity index (χ3n) is 5.82. The Bertz CT molecular complexity index is 1050. The molecule has 1 saturated heterocycles. The molecule has 0 N–H and O–H groups in total. The van der Waals surface area contributed by atoms with Crippen LogP contribution in [0.5, 0.6) is 11.5 Å². The molecule has 1 atom stereocenters. The van der Waals surface area contributed by atoms with Crippen LogP contribution < -0.4 is 14.4 Å². The van der Waals surface area contributed by atoms with E-state index >= 15 is 0 Å². The second kappa shape index (κ2) is 9.25. The van der Waals surface area contributed by atoms with E-state index in [9.17, 15) is 14.4 Å². The summed E-state index contributed by atoms with van der Waals surface area (Å²) < 4.78 is 10.6. The minimum atomic E-state index is -0.900. The monoisotopic (exact) mass is 452 g/mol. The lowest BCUT2D eigenvalue weighted by Gasteiger charge is -2.39. The van der Waals surface area contributed by atoms with Crippen LogP contribution in [-0.2, 0) is 9.59 Å². The molecule has 1 aliphatic rings. The van der Waals surface area contributed by atoms with Crippen molar-refractivity contribution >= 4 is 23.4 Å². The van der Waals surface area contributed by atoms with Crippen molar-refractivity contribution in [1.29, 1.82) is 0 Å². The van der Waals surface area contributed by atoms with E-state index in [-0.39, 0.29) is 18.2 Å². The molecule has 1 unspecified atom stereocenters. The van der Waals surface area contributed by atoms with Gasteiger partial charge in [-0.15, -0.1) is 0 Å². The van der Waals surface area contributed by atoms with Crippen LogP contribution in [-0.4, -0.2) is 48.4 Å². The van der Waals surface area contributed by atoms with Gasteiger partial charge in [0, 0.05) is 11.1 Å². The molecule has 0 bridgehead atoms. The van der Waals surface area contributed by atoms with E-state index in [1.54, 1.807) is 30.3 Å². The smallest absolute Gasteiger partial charge is 0.257 e. The average molecular weight is 453 g/mol. The highest BCUT2D eigenvalue weighted by Gasteiger charge is 2.47. The van der Waals surface area contributed by atoms with E-state index in [1.807, 2.05) is 32.9 Å². The van der Waals surface area contributed by atoms with Gasteiger partial charge in [0.05, 0.1) is 26.3 Å². The van der Waals surface area contributed by atoms with Crippen molar-refractivity contribution in [3.63, 3.8) is 0 Å². The zero-order chi connectivity index (χ0) is 24.5. The van der Waals surface area contributed by atoms with Crippen molar-refractivity contribution in [2.75, 3.05) is 19.1 Å². The van der Waals surface area contributed by atoms with E-state index in [4.69, 9.17) is 9.47 Å². The number of anilines is 1. The van der Waals surface area contributed by atoms with E-state index in [0.717, 1.165) is 5.56 Å². The Morgan fingerprint density at radius 2 is 1.61 bits per heavy atom. The summed E-state index contributed by atoms with van der Waals surface area (Å²) in [5.74, 6) is 0.175. The normalized spacial score (nSPS) is 16.4. The van der Waals surface area contributed by atoms with Gasteiger partial charge in [-0.05, 0) is 62.6 Å². The summed E-state index contributed by atoms with van der Waals surface area (Å²) in [5.41, 5.74) is 1.28. The van der Waals surface area contributed by atoms with Crippen LogP contribution in [0, 0.1) is 0 Å². The number of methoxy groups -OCH3 is 2. The third-order valence-corrected chi connectivity index (χ3v) is 5.82. The number of hydrogen-bond acceptors (Lipinski definition) is 5. The van der Waals surface area contributed by atoms with Crippen molar-refractivity contribution in [3.05, 3.63) is 53.6 Å². The number of imide groups is 1. The lowest BCUT2D eigenvalue weighted by atomic mass is 9.99. The standard InChI is InChI=1S/C26H32N2O5/c1-16(2)17-8-11-19(12-9-17)27-23(29)15-20(25(27)31)28(26(3,4)5)24(30)18-10-13-21(32-6)22(14-18)33-7/h8-14,16,20H,15H2,1-7H3. The topological polar surface area (TPSA) is 76.2 Å². The van der Waals surface area contributed by atoms with E-state index < -0.39 is 17.5 Å². The van der Waals surface area contributed by atoms with E-state index in [1.165, 1.54) is 24.0 Å². The number of rotatable bonds is 6. The number of carbonyl (C=O) groups excluding carboxylic acids is 3. The minimum absolute atomic E-state index is 0.0684. The fourth-order valence-electron chi connectivity index (χ4n) is 4.12. The fourth-order valence-corrected chi connectivity index (χ4v) is 4.12. The zero-order valence-corrected chi connectivity index (χ0v) is 20.3. The van der Waals surface area contributed by atoms with Gasteiger partial charge < -0.3 is 14.4 Å². The Morgan fingerprint density at radius 3 is 2.12 bits per heavy atom. The van der Waals surface area contributed by atoms with Gasteiger partial charge in [-0.3, -0.25) is 14.4 Å². The van der Waals surface area contributed by atoms with Crippen molar-refractivity contribution in [2.45, 2.75) is 58.5 Å². The van der Waals surface area contributed by atoms with Crippen LogP contribution >= 0.6 is 0 Å². The zero-order valence-electron chi connectivity index (χ0n) is 20.3. The largest absolute Gasteiger partial charge is 0.493 e.